The summed E-state index contributed by atoms with van der Waals surface area (Å²) in [4.78, 5) is 69.7. The highest BCUT2D eigenvalue weighted by atomic mass is 33.1. The van der Waals surface area contributed by atoms with Gasteiger partial charge in [0.2, 0.25) is 17.7 Å². The second-order valence-corrected chi connectivity index (χ2v) is 18.5. The van der Waals surface area contributed by atoms with E-state index in [9.17, 15) is 64.8 Å². The van der Waals surface area contributed by atoms with Gasteiger partial charge in [-0.25, -0.2) is 0 Å². The van der Waals surface area contributed by atoms with Crippen molar-refractivity contribution in [2.24, 2.45) is 22.2 Å². The Morgan fingerprint density at radius 3 is 1.64 bits per heavy atom. The maximum absolute atomic E-state index is 13.9. The van der Waals surface area contributed by atoms with Gasteiger partial charge in [0.25, 0.3) is 11.8 Å². The summed E-state index contributed by atoms with van der Waals surface area (Å²) in [7, 11) is 2.67. The van der Waals surface area contributed by atoms with Crippen molar-refractivity contribution in [2.45, 2.75) is 149 Å². The van der Waals surface area contributed by atoms with Crippen molar-refractivity contribution in [2.75, 3.05) is 18.8 Å². The lowest BCUT2D eigenvalue weighted by Crippen LogP contribution is -2.62. The summed E-state index contributed by atoms with van der Waals surface area (Å²) in [6.07, 6.45) is -11.5. The highest BCUT2D eigenvalue weighted by Crippen LogP contribution is 2.35. The average molecular weight is 841 g/mol. The maximum Gasteiger partial charge on any atom is 0.252 e. The molecular formula is C33H60N8O13S2. The first-order chi connectivity index (χ1) is 25.9. The Morgan fingerprint density at radius 2 is 1.16 bits per heavy atom. The molecule has 5 amide bonds. The van der Waals surface area contributed by atoms with Gasteiger partial charge in [0.15, 0.2) is 5.96 Å². The molecule has 0 bridgehead atoms. The number of primary amides is 1. The van der Waals surface area contributed by atoms with E-state index in [1.54, 1.807) is 0 Å². The van der Waals surface area contributed by atoms with Crippen molar-refractivity contribution in [3.05, 3.63) is 0 Å². The number of nitrogens with two attached hydrogens (primary N) is 3. The molecular weight excluding hydrogens is 781 g/mol. The number of nitrogens with one attached hydrogen (secondary N) is 4. The van der Waals surface area contributed by atoms with E-state index in [4.69, 9.17) is 17.2 Å². The maximum atomic E-state index is 13.9. The first-order valence-electron chi connectivity index (χ1n) is 18.3. The van der Waals surface area contributed by atoms with Crippen LogP contribution in [0.1, 0.15) is 78.6 Å². The lowest BCUT2D eigenvalue weighted by Gasteiger charge is -2.39. The molecule has 2 aliphatic carbocycles. The van der Waals surface area contributed by atoms with Crippen molar-refractivity contribution in [3.63, 3.8) is 0 Å². The Hall–Kier alpha value is -3.00. The van der Waals surface area contributed by atoms with E-state index in [0.29, 0.717) is 0 Å². The summed E-state index contributed by atoms with van der Waals surface area (Å²) < 4.78 is -0.256. The predicted octanol–water partition coefficient (Wildman–Crippen LogP) is -5.34. The second kappa shape index (κ2) is 21.7. The molecule has 21 nitrogen and oxygen atoms in total. The number of rotatable bonds is 20. The van der Waals surface area contributed by atoms with Gasteiger partial charge < -0.3 is 79.3 Å². The Balaban J connectivity index is 2.24. The Morgan fingerprint density at radius 1 is 0.696 bits per heavy atom. The highest BCUT2D eigenvalue weighted by Gasteiger charge is 2.50. The number of hydrogen-bond donors (Lipinski definition) is 15. The summed E-state index contributed by atoms with van der Waals surface area (Å²) in [6, 6.07) is -3.88. The van der Waals surface area contributed by atoms with Crippen LogP contribution in [0.5, 0.6) is 0 Å². The standard InChI is InChI=1S/C33H60N8O13S2/c1-31(2,3)56-55-15-18(27(50)39-16(25(34)48)8-6-10-38-30(35)36)40-26(49)17(41-29(52)33(54)13-21(44)24(47)22(45)14-33)7-4-5-9-37-28(51)32(53)11-19(42)23(46)20(43)12-32/h16-24,42-47,53-54H,4-15H2,1-3H3,(H2,34,48)(H,37,51)(H,39,50)(H,40,49)(H,41,52)(H4,35,36,38)/t16-,17-,18-,19-,20-,21-,22-,23?,24?,32?,33?/m0/s1. The number of guanidine groups is 1. The Labute approximate surface area is 332 Å². The summed E-state index contributed by atoms with van der Waals surface area (Å²) in [5.74, 6) is -4.72. The quantitative estimate of drug-likeness (QED) is 0.0235. The number of unbranched alkanes of at least 4 members (excludes halogenated alkanes) is 1. The van der Waals surface area contributed by atoms with Crippen LogP contribution in [-0.4, -0.2) is 166 Å². The van der Waals surface area contributed by atoms with Gasteiger partial charge >= 0.3 is 0 Å². The molecule has 0 aliphatic heterocycles. The van der Waals surface area contributed by atoms with E-state index in [1.165, 1.54) is 21.6 Å². The van der Waals surface area contributed by atoms with Gasteiger partial charge in [-0.05, 0) is 32.1 Å². The molecule has 2 fully saturated rings. The van der Waals surface area contributed by atoms with Crippen LogP contribution in [0.25, 0.3) is 0 Å². The molecule has 7 atom stereocenters. The van der Waals surface area contributed by atoms with Crippen LogP contribution in [0, 0.1) is 0 Å². The molecule has 0 unspecified atom stereocenters. The number of nitrogens with zero attached hydrogens (tertiary/aromatic N) is 1. The van der Waals surface area contributed by atoms with Crippen LogP contribution in [0.4, 0.5) is 0 Å². The molecule has 0 radical (unpaired) electrons. The number of amides is 5. The van der Waals surface area contributed by atoms with Crippen LogP contribution in [0.15, 0.2) is 4.99 Å². The monoisotopic (exact) mass is 840 g/mol. The summed E-state index contributed by atoms with van der Waals surface area (Å²) in [6.45, 7) is 5.88. The second-order valence-electron chi connectivity index (χ2n) is 15.4. The van der Waals surface area contributed by atoms with Gasteiger partial charge in [-0.3, -0.25) is 29.0 Å². The fourth-order valence-corrected chi connectivity index (χ4v) is 8.58. The van der Waals surface area contributed by atoms with E-state index in [0.717, 1.165) is 0 Å². The smallest absolute Gasteiger partial charge is 0.252 e. The molecule has 18 N–H and O–H groups in total. The third kappa shape index (κ3) is 15.4. The molecule has 0 saturated heterocycles. The van der Waals surface area contributed by atoms with Gasteiger partial charge in [0.05, 0.1) is 24.4 Å². The normalized spacial score (nSPS) is 29.6. The zero-order valence-corrected chi connectivity index (χ0v) is 33.4. The van der Waals surface area contributed by atoms with E-state index < -0.39 is 121 Å². The van der Waals surface area contributed by atoms with Crippen LogP contribution in [0.2, 0.25) is 0 Å². The molecule has 0 aromatic carbocycles. The van der Waals surface area contributed by atoms with Gasteiger partial charge in [-0.15, -0.1) is 0 Å². The molecule has 2 rings (SSSR count). The third-order valence-electron chi connectivity index (χ3n) is 9.22. The van der Waals surface area contributed by atoms with Crippen LogP contribution in [0.3, 0.4) is 0 Å². The highest BCUT2D eigenvalue weighted by molar-refractivity contribution is 8.77. The van der Waals surface area contributed by atoms with Crippen molar-refractivity contribution in [1.29, 1.82) is 0 Å². The minimum atomic E-state index is -2.40. The lowest BCUT2D eigenvalue weighted by atomic mass is 9.79. The van der Waals surface area contributed by atoms with Crippen molar-refractivity contribution in [3.8, 4) is 0 Å². The predicted molar refractivity (Wildman–Crippen MR) is 206 cm³/mol. The van der Waals surface area contributed by atoms with E-state index in [2.05, 4.69) is 26.3 Å². The van der Waals surface area contributed by atoms with Crippen molar-refractivity contribution >= 4 is 57.1 Å². The molecule has 0 aromatic heterocycles. The fourth-order valence-electron chi connectivity index (χ4n) is 6.11. The summed E-state index contributed by atoms with van der Waals surface area (Å²) in [5, 5.41) is 91.8. The first-order valence-corrected chi connectivity index (χ1v) is 20.6. The summed E-state index contributed by atoms with van der Waals surface area (Å²) >= 11 is 0. The zero-order chi connectivity index (χ0) is 42.6. The lowest BCUT2D eigenvalue weighted by molar-refractivity contribution is -0.173. The molecule has 56 heavy (non-hydrogen) atoms. The van der Waals surface area contributed by atoms with Crippen LogP contribution in [-0.2, 0) is 24.0 Å². The SMILES string of the molecule is CC(C)(C)SSC[C@H](NC(=O)[C@H](CCCCNC(=O)C1(O)C[C@H](O)C(O)[C@@H](O)C1)NC(=O)C1(O)C[C@H](O)C(O)[C@@H](O)C1)C(=O)N[C@@H](CCCN=C(N)N)C(N)=O. The molecule has 0 spiro atoms. The van der Waals surface area contributed by atoms with Gasteiger partial charge in [-0.2, -0.15) is 0 Å². The first kappa shape index (κ1) is 49.1. The van der Waals surface area contributed by atoms with Crippen molar-refractivity contribution in [1.82, 2.24) is 21.3 Å². The average Bonchev–Trinajstić information content (AvgIpc) is 3.08. The van der Waals surface area contributed by atoms with Gasteiger partial charge in [-0.1, -0.05) is 42.4 Å². The fraction of sp³-hybridized carbons (Fsp3) is 0.818. The Bertz CT molecular complexity index is 1360. The minimum Gasteiger partial charge on any atom is -0.390 e. The molecule has 23 heteroatoms. The number of aliphatic hydroxyl groups is 8. The topological polar surface area (TPSA) is 386 Å². The minimum absolute atomic E-state index is 0.00473. The molecule has 0 aromatic rings. The number of aliphatic imine (C=N–C) groups is 1. The van der Waals surface area contributed by atoms with Crippen molar-refractivity contribution < 1.29 is 64.8 Å². The van der Waals surface area contributed by atoms with Gasteiger partial charge in [0, 0.05) is 49.3 Å². The zero-order valence-electron chi connectivity index (χ0n) is 31.8. The molecule has 0 heterocycles. The summed E-state index contributed by atoms with van der Waals surface area (Å²) in [5.41, 5.74) is 11.7. The molecule has 2 saturated carbocycles. The van der Waals surface area contributed by atoms with E-state index in [-0.39, 0.29) is 61.7 Å². The van der Waals surface area contributed by atoms with Gasteiger partial charge in [0.1, 0.15) is 41.5 Å². The Kier molecular flexibility index (Phi) is 19.0. The molecule has 322 valence electrons. The van der Waals surface area contributed by atoms with Crippen LogP contribution < -0.4 is 38.5 Å². The van der Waals surface area contributed by atoms with Crippen LogP contribution >= 0.6 is 21.6 Å². The number of carbonyl (C=O) groups excluding carboxylic acids is 5. The number of aliphatic hydroxyl groups excluding tert-OH is 6. The largest absolute Gasteiger partial charge is 0.390 e. The number of carbonyl (C=O) groups is 5. The third-order valence-corrected chi connectivity index (χ3v) is 12.6. The molecule has 2 aliphatic rings. The van der Waals surface area contributed by atoms with E-state index >= 15 is 0 Å². The number of hydrogen-bond acceptors (Lipinski definition) is 16. The van der Waals surface area contributed by atoms with E-state index in [1.807, 2.05) is 20.8 Å².